The lowest BCUT2D eigenvalue weighted by Crippen LogP contribution is -2.60. The molecule has 0 aliphatic carbocycles. The van der Waals surface area contributed by atoms with Crippen molar-refractivity contribution in [1.82, 2.24) is 0 Å². The van der Waals surface area contributed by atoms with Crippen molar-refractivity contribution in [3.05, 3.63) is 29.8 Å². The van der Waals surface area contributed by atoms with Crippen molar-refractivity contribution < 1.29 is 9.53 Å². The number of carbonyl (C=O) groups is 1. The standard InChI is InChI=1S/C17H24O2.C2H6/c1-15(2,3)17(16(4,5)6)11-13(18)12-9-7-8-10-14(12)19-17;1-2/h7-10H,11H2,1-6H3;1-2H3. The van der Waals surface area contributed by atoms with E-state index in [2.05, 4.69) is 41.5 Å². The van der Waals surface area contributed by atoms with Gasteiger partial charge in [0.1, 0.15) is 11.4 Å². The molecule has 0 spiro atoms. The van der Waals surface area contributed by atoms with Crippen LogP contribution in [0.15, 0.2) is 24.3 Å². The van der Waals surface area contributed by atoms with Crippen LogP contribution >= 0.6 is 0 Å². The Morgan fingerprint density at radius 1 is 0.952 bits per heavy atom. The number of fused-ring (bicyclic) bond motifs is 1. The largest absolute Gasteiger partial charge is 0.485 e. The van der Waals surface area contributed by atoms with Crippen molar-refractivity contribution in [3.8, 4) is 5.75 Å². The lowest BCUT2D eigenvalue weighted by Gasteiger charge is -2.54. The molecule has 1 aliphatic heterocycles. The second kappa shape index (κ2) is 5.82. The van der Waals surface area contributed by atoms with Gasteiger partial charge < -0.3 is 4.74 Å². The van der Waals surface area contributed by atoms with Crippen molar-refractivity contribution in [3.63, 3.8) is 0 Å². The predicted molar refractivity (Wildman–Crippen MR) is 89.0 cm³/mol. The SMILES string of the molecule is CC.CC(C)(C)C1(C(C)(C)C)CC(=O)c2ccccc2O1. The molecule has 2 rings (SSSR count). The van der Waals surface area contributed by atoms with Crippen LogP contribution in [-0.4, -0.2) is 11.4 Å². The molecule has 0 unspecified atom stereocenters. The van der Waals surface area contributed by atoms with E-state index in [0.717, 1.165) is 5.75 Å². The number of ether oxygens (including phenoxy) is 1. The van der Waals surface area contributed by atoms with Crippen molar-refractivity contribution in [2.24, 2.45) is 10.8 Å². The molecule has 0 saturated heterocycles. The average Bonchev–Trinajstić information content (AvgIpc) is 2.38. The van der Waals surface area contributed by atoms with E-state index in [1.807, 2.05) is 38.1 Å². The maximum atomic E-state index is 12.5. The molecule has 0 amide bonds. The van der Waals surface area contributed by atoms with Gasteiger partial charge in [-0.3, -0.25) is 4.79 Å². The summed E-state index contributed by atoms with van der Waals surface area (Å²) in [6, 6.07) is 7.57. The van der Waals surface area contributed by atoms with Crippen molar-refractivity contribution in [2.75, 3.05) is 0 Å². The maximum absolute atomic E-state index is 12.5. The fraction of sp³-hybridized carbons (Fsp3) is 0.632. The summed E-state index contributed by atoms with van der Waals surface area (Å²) in [5.41, 5.74) is 0.000499. The average molecular weight is 290 g/mol. The third kappa shape index (κ3) is 3.00. The highest BCUT2D eigenvalue weighted by atomic mass is 16.5. The van der Waals surface area contributed by atoms with Crippen LogP contribution in [0.5, 0.6) is 5.75 Å². The summed E-state index contributed by atoms with van der Waals surface area (Å²) in [4.78, 5) is 12.5. The van der Waals surface area contributed by atoms with Crippen LogP contribution in [0.25, 0.3) is 0 Å². The van der Waals surface area contributed by atoms with Crippen molar-refractivity contribution in [1.29, 1.82) is 0 Å². The lowest BCUT2D eigenvalue weighted by molar-refractivity contribution is -0.117. The minimum Gasteiger partial charge on any atom is -0.485 e. The van der Waals surface area contributed by atoms with Crippen LogP contribution in [0.2, 0.25) is 0 Å². The molecule has 1 aromatic rings. The highest BCUT2D eigenvalue weighted by Crippen LogP contribution is 2.52. The van der Waals surface area contributed by atoms with Crippen LogP contribution < -0.4 is 4.74 Å². The Morgan fingerprint density at radius 3 is 1.90 bits per heavy atom. The smallest absolute Gasteiger partial charge is 0.170 e. The van der Waals surface area contributed by atoms with Gasteiger partial charge in [-0.25, -0.2) is 0 Å². The first-order valence-corrected chi connectivity index (χ1v) is 7.90. The molecule has 0 radical (unpaired) electrons. The number of benzene rings is 1. The predicted octanol–water partition coefficient (Wildman–Crippen LogP) is 5.51. The van der Waals surface area contributed by atoms with E-state index in [1.165, 1.54) is 0 Å². The molecule has 2 heteroatoms. The van der Waals surface area contributed by atoms with E-state index in [9.17, 15) is 4.79 Å². The van der Waals surface area contributed by atoms with E-state index < -0.39 is 5.60 Å². The van der Waals surface area contributed by atoms with Gasteiger partial charge in [0.2, 0.25) is 0 Å². The third-order valence-corrected chi connectivity index (χ3v) is 4.30. The molecule has 118 valence electrons. The topological polar surface area (TPSA) is 26.3 Å². The summed E-state index contributed by atoms with van der Waals surface area (Å²) in [5, 5.41) is 0. The fourth-order valence-electron chi connectivity index (χ4n) is 3.29. The quantitative estimate of drug-likeness (QED) is 0.630. The molecule has 1 heterocycles. The van der Waals surface area contributed by atoms with Crippen LogP contribution in [0.3, 0.4) is 0 Å². The Hall–Kier alpha value is -1.31. The van der Waals surface area contributed by atoms with Crippen molar-refractivity contribution >= 4 is 5.78 Å². The first kappa shape index (κ1) is 17.7. The van der Waals surface area contributed by atoms with Gasteiger partial charge in [0.05, 0.1) is 12.0 Å². The summed E-state index contributed by atoms with van der Waals surface area (Å²) < 4.78 is 6.40. The van der Waals surface area contributed by atoms with Gasteiger partial charge in [-0.2, -0.15) is 0 Å². The molecule has 0 saturated carbocycles. The number of ketones is 1. The zero-order valence-corrected chi connectivity index (χ0v) is 14.8. The number of rotatable bonds is 0. The first-order chi connectivity index (χ1) is 9.58. The van der Waals surface area contributed by atoms with E-state index in [4.69, 9.17) is 4.74 Å². The van der Waals surface area contributed by atoms with E-state index in [0.29, 0.717) is 12.0 Å². The molecule has 2 nitrogen and oxygen atoms in total. The Labute approximate surface area is 129 Å². The summed E-state index contributed by atoms with van der Waals surface area (Å²) >= 11 is 0. The normalized spacial score (nSPS) is 17.2. The van der Waals surface area contributed by atoms with Gasteiger partial charge in [-0.05, 0) is 12.1 Å². The summed E-state index contributed by atoms with van der Waals surface area (Å²) in [6.07, 6.45) is 0.441. The zero-order chi connectivity index (χ0) is 16.5. The Balaban J connectivity index is 0.00000106. The minimum atomic E-state index is -0.481. The van der Waals surface area contributed by atoms with Crippen LogP contribution in [-0.2, 0) is 0 Å². The van der Waals surface area contributed by atoms with Gasteiger partial charge in [-0.15, -0.1) is 0 Å². The molecule has 21 heavy (non-hydrogen) atoms. The van der Waals surface area contributed by atoms with Crippen LogP contribution in [0, 0.1) is 10.8 Å². The molecule has 0 fully saturated rings. The highest BCUT2D eigenvalue weighted by Gasteiger charge is 2.56. The fourth-order valence-corrected chi connectivity index (χ4v) is 3.29. The number of para-hydroxylation sites is 1. The maximum Gasteiger partial charge on any atom is 0.170 e. The number of Topliss-reactive ketones (excluding diaryl/α,β-unsaturated/α-hetero) is 1. The summed E-state index contributed by atoms with van der Waals surface area (Å²) in [7, 11) is 0. The lowest BCUT2D eigenvalue weighted by atomic mass is 9.59. The van der Waals surface area contributed by atoms with Gasteiger partial charge >= 0.3 is 0 Å². The molecular weight excluding hydrogens is 260 g/mol. The summed E-state index contributed by atoms with van der Waals surface area (Å²) in [5.74, 6) is 0.912. The number of hydrogen-bond acceptors (Lipinski definition) is 2. The first-order valence-electron chi connectivity index (χ1n) is 7.90. The van der Waals surface area contributed by atoms with E-state index >= 15 is 0 Å². The molecule has 1 aromatic carbocycles. The van der Waals surface area contributed by atoms with E-state index in [-0.39, 0.29) is 16.6 Å². The molecular formula is C19H30O2. The molecule has 0 atom stereocenters. The third-order valence-electron chi connectivity index (χ3n) is 4.30. The summed E-state index contributed by atoms with van der Waals surface area (Å²) in [6.45, 7) is 16.9. The second-order valence-corrected chi connectivity index (χ2v) is 7.53. The number of carbonyl (C=O) groups excluding carboxylic acids is 1. The Morgan fingerprint density at radius 2 is 1.43 bits per heavy atom. The monoisotopic (exact) mass is 290 g/mol. The van der Waals surface area contributed by atoms with Gasteiger partial charge in [-0.1, -0.05) is 67.5 Å². The molecule has 0 bridgehead atoms. The molecule has 0 aromatic heterocycles. The minimum absolute atomic E-state index is 0.117. The van der Waals surface area contributed by atoms with Gasteiger partial charge in [0, 0.05) is 10.8 Å². The van der Waals surface area contributed by atoms with Crippen molar-refractivity contribution in [2.45, 2.75) is 67.4 Å². The Kier molecular flexibility index (Phi) is 4.92. The van der Waals surface area contributed by atoms with Gasteiger partial charge in [0.25, 0.3) is 0 Å². The molecule has 0 N–H and O–H groups in total. The van der Waals surface area contributed by atoms with Gasteiger partial charge in [0.15, 0.2) is 5.78 Å². The second-order valence-electron chi connectivity index (χ2n) is 7.53. The van der Waals surface area contributed by atoms with E-state index in [1.54, 1.807) is 0 Å². The highest BCUT2D eigenvalue weighted by molar-refractivity contribution is 6.00. The Bertz CT molecular complexity index is 487. The van der Waals surface area contributed by atoms with Crippen LogP contribution in [0.1, 0.15) is 72.2 Å². The zero-order valence-electron chi connectivity index (χ0n) is 14.8. The number of hydrogen-bond donors (Lipinski definition) is 0. The van der Waals surface area contributed by atoms with Crippen LogP contribution in [0.4, 0.5) is 0 Å². The molecule has 1 aliphatic rings.